The maximum absolute atomic E-state index is 13.5. The molecule has 1 aromatic carbocycles. The van der Waals surface area contributed by atoms with Crippen LogP contribution in [0.15, 0.2) is 59.1 Å². The highest BCUT2D eigenvalue weighted by Crippen LogP contribution is 2.34. The van der Waals surface area contributed by atoms with E-state index in [0.717, 1.165) is 38.0 Å². The third-order valence-corrected chi connectivity index (χ3v) is 10.00. The smallest absolute Gasteiger partial charge is 0.280 e. The molecule has 0 bridgehead atoms. The van der Waals surface area contributed by atoms with E-state index in [9.17, 15) is 18.0 Å². The number of aromatic nitrogens is 3. The van der Waals surface area contributed by atoms with Crippen LogP contribution in [0.3, 0.4) is 0 Å². The van der Waals surface area contributed by atoms with Gasteiger partial charge in [-0.15, -0.1) is 6.58 Å². The maximum Gasteiger partial charge on any atom is 0.280 e. The zero-order valence-electron chi connectivity index (χ0n) is 26.7. The Hall–Kier alpha value is -3.81. The van der Waals surface area contributed by atoms with Crippen molar-refractivity contribution < 1.29 is 22.7 Å². The predicted molar refractivity (Wildman–Crippen MR) is 176 cm³/mol. The third kappa shape index (κ3) is 8.31. The van der Waals surface area contributed by atoms with Crippen molar-refractivity contribution in [3.05, 3.63) is 60.4 Å². The Bertz CT molecular complexity index is 1720. The Morgan fingerprint density at radius 3 is 2.63 bits per heavy atom. The van der Waals surface area contributed by atoms with Crippen LogP contribution in [-0.4, -0.2) is 78.5 Å². The first-order valence-electron chi connectivity index (χ1n) is 16.2. The molecule has 12 nitrogen and oxygen atoms in total. The number of carbonyl (C=O) groups is 2. The molecule has 2 aliphatic rings. The van der Waals surface area contributed by atoms with Crippen LogP contribution in [0.5, 0.6) is 5.88 Å². The first-order chi connectivity index (χ1) is 22.1. The largest absolute Gasteiger partial charge is 0.476 e. The molecule has 1 saturated carbocycles. The number of likely N-dealkylation sites (tertiary alicyclic amines) is 1. The molecule has 2 aromatic heterocycles. The van der Waals surface area contributed by atoms with Gasteiger partial charge in [-0.05, 0) is 83.7 Å². The van der Waals surface area contributed by atoms with Crippen LogP contribution in [0.4, 0.5) is 0 Å². The lowest BCUT2D eigenvalue weighted by atomic mass is 9.85. The first kappa shape index (κ1) is 33.6. The molecule has 13 heteroatoms. The zero-order chi connectivity index (χ0) is 32.7. The highest BCUT2D eigenvalue weighted by Gasteiger charge is 2.29. The number of hydrogen-bond acceptors (Lipinski definition) is 7. The summed E-state index contributed by atoms with van der Waals surface area (Å²) >= 11 is 0. The highest BCUT2D eigenvalue weighted by molar-refractivity contribution is 7.89. The molecule has 3 heterocycles. The summed E-state index contributed by atoms with van der Waals surface area (Å²) in [4.78, 5) is 40.8. The van der Waals surface area contributed by atoms with E-state index in [-0.39, 0.29) is 40.9 Å². The Kier molecular flexibility index (Phi) is 11.1. The molecule has 1 aliphatic heterocycles. The number of piperidine rings is 1. The number of nitrogens with one attached hydrogen (secondary N) is 3. The predicted octanol–water partition coefficient (Wildman–Crippen LogP) is 3.69. The molecule has 3 N–H and O–H groups in total. The van der Waals surface area contributed by atoms with Gasteiger partial charge in [0.2, 0.25) is 27.4 Å². The van der Waals surface area contributed by atoms with Crippen molar-refractivity contribution in [3.63, 3.8) is 0 Å². The second-order valence-electron chi connectivity index (χ2n) is 12.4. The van der Waals surface area contributed by atoms with Crippen molar-refractivity contribution in [1.29, 1.82) is 0 Å². The summed E-state index contributed by atoms with van der Waals surface area (Å²) in [5, 5.41) is 3.03. The van der Waals surface area contributed by atoms with Gasteiger partial charge in [0.05, 0.1) is 22.1 Å². The molecule has 0 radical (unpaired) electrons. The number of benzene rings is 1. The number of carbonyl (C=O) groups excluding carboxylic acids is 2. The van der Waals surface area contributed by atoms with Crippen molar-refractivity contribution >= 4 is 32.9 Å². The van der Waals surface area contributed by atoms with E-state index >= 15 is 0 Å². The standard InChI is InChI=1S/C33H45N7O5S/c1-4-15-35-46(43,44)27-10-8-9-25(20-27)32(42)38-33-37-28-22-34-30(45-19-18-39-16-6-5-7-17-39)21-29(28)40(33)26-13-11-24(12-14-26)31(41)36-23(2)3/h4,8-10,20-24,26,35H,1,5-7,11-19H2,2-3H3,(H,36,41)(H,37,38,42)/t24-,26+. The lowest BCUT2D eigenvalue weighted by Gasteiger charge is -2.29. The SMILES string of the molecule is C=CCNS(=O)(=O)c1cccc(C(=O)/N=c2\[nH]c3cnc(OCCN4CCCCC4)cc3n2[C@H]2CC[C@@H](C(=O)NC(C)C)CC2)c1. The van der Waals surface area contributed by atoms with E-state index in [1.807, 2.05) is 24.5 Å². The van der Waals surface area contributed by atoms with E-state index < -0.39 is 15.9 Å². The van der Waals surface area contributed by atoms with Gasteiger partial charge in [0, 0.05) is 42.7 Å². The lowest BCUT2D eigenvalue weighted by Crippen LogP contribution is -2.38. The summed E-state index contributed by atoms with van der Waals surface area (Å²) in [6.45, 7) is 11.1. The number of H-pyrrole nitrogens is 1. The average Bonchev–Trinajstić information content (AvgIpc) is 3.41. The molecule has 5 rings (SSSR count). The zero-order valence-corrected chi connectivity index (χ0v) is 27.5. The summed E-state index contributed by atoms with van der Waals surface area (Å²) in [5.74, 6) is -0.0909. The number of ether oxygens (including phenoxy) is 1. The van der Waals surface area contributed by atoms with Crippen molar-refractivity contribution in [1.82, 2.24) is 29.5 Å². The van der Waals surface area contributed by atoms with Gasteiger partial charge < -0.3 is 19.6 Å². The monoisotopic (exact) mass is 651 g/mol. The van der Waals surface area contributed by atoms with Gasteiger partial charge in [0.25, 0.3) is 5.91 Å². The average molecular weight is 652 g/mol. The molecule has 0 spiro atoms. The minimum absolute atomic E-state index is 0.0261. The first-order valence-corrected chi connectivity index (χ1v) is 17.7. The number of pyridine rings is 1. The van der Waals surface area contributed by atoms with Gasteiger partial charge >= 0.3 is 0 Å². The fourth-order valence-electron chi connectivity index (χ4n) is 6.22. The number of imidazole rings is 1. The van der Waals surface area contributed by atoms with Crippen LogP contribution >= 0.6 is 0 Å². The number of hydrogen-bond donors (Lipinski definition) is 3. The van der Waals surface area contributed by atoms with Gasteiger partial charge in [-0.3, -0.25) is 14.5 Å². The fourth-order valence-corrected chi connectivity index (χ4v) is 7.26. The summed E-state index contributed by atoms with van der Waals surface area (Å²) in [6.07, 6.45) is 9.70. The summed E-state index contributed by atoms with van der Waals surface area (Å²) in [6, 6.07) is 7.74. The molecule has 2 amide bonds. The minimum Gasteiger partial charge on any atom is -0.476 e. The second kappa shape index (κ2) is 15.2. The Morgan fingerprint density at radius 2 is 1.91 bits per heavy atom. The van der Waals surface area contributed by atoms with E-state index in [4.69, 9.17) is 4.74 Å². The molecular formula is C33H45N7O5S. The normalized spacial score (nSPS) is 19.8. The van der Waals surface area contributed by atoms with Crippen LogP contribution in [0.2, 0.25) is 0 Å². The number of amides is 2. The van der Waals surface area contributed by atoms with Gasteiger partial charge in [0.1, 0.15) is 6.61 Å². The van der Waals surface area contributed by atoms with E-state index in [2.05, 4.69) is 36.5 Å². The summed E-state index contributed by atoms with van der Waals surface area (Å²) < 4.78 is 35.9. The molecule has 1 saturated heterocycles. The minimum atomic E-state index is -3.82. The number of rotatable bonds is 12. The fraction of sp³-hybridized carbons (Fsp3) is 0.515. The van der Waals surface area contributed by atoms with Gasteiger partial charge in [-0.1, -0.05) is 18.6 Å². The Labute approximate surface area is 270 Å². The van der Waals surface area contributed by atoms with Crippen LogP contribution in [0.1, 0.15) is 75.2 Å². The Balaban J connectivity index is 1.44. The number of nitrogens with zero attached hydrogens (tertiary/aromatic N) is 4. The Morgan fingerprint density at radius 1 is 1.15 bits per heavy atom. The van der Waals surface area contributed by atoms with Crippen LogP contribution in [0, 0.1) is 5.92 Å². The number of sulfonamides is 1. The maximum atomic E-state index is 13.5. The molecule has 3 aromatic rings. The summed E-state index contributed by atoms with van der Waals surface area (Å²) in [7, 11) is -3.82. The van der Waals surface area contributed by atoms with E-state index in [1.165, 1.54) is 43.5 Å². The van der Waals surface area contributed by atoms with Gasteiger partial charge in [0.15, 0.2) is 0 Å². The summed E-state index contributed by atoms with van der Waals surface area (Å²) in [5.41, 5.74) is 1.97. The quantitative estimate of drug-likeness (QED) is 0.253. The van der Waals surface area contributed by atoms with E-state index in [0.29, 0.717) is 36.5 Å². The molecule has 1 aliphatic carbocycles. The second-order valence-corrected chi connectivity index (χ2v) is 14.1. The van der Waals surface area contributed by atoms with Crippen molar-refractivity contribution in [2.24, 2.45) is 10.9 Å². The van der Waals surface area contributed by atoms with Crippen molar-refractivity contribution in [3.8, 4) is 5.88 Å². The van der Waals surface area contributed by atoms with Gasteiger partial charge in [-0.2, -0.15) is 4.99 Å². The third-order valence-electron chi connectivity index (χ3n) is 8.58. The van der Waals surface area contributed by atoms with Gasteiger partial charge in [-0.25, -0.2) is 18.1 Å². The van der Waals surface area contributed by atoms with E-state index in [1.54, 1.807) is 12.3 Å². The molecule has 0 unspecified atom stereocenters. The molecule has 248 valence electrons. The van der Waals surface area contributed by atoms with Crippen LogP contribution in [-0.2, 0) is 14.8 Å². The van der Waals surface area contributed by atoms with Crippen LogP contribution in [0.25, 0.3) is 11.0 Å². The molecular weight excluding hydrogens is 606 g/mol. The van der Waals surface area contributed by atoms with Crippen molar-refractivity contribution in [2.45, 2.75) is 75.8 Å². The molecule has 46 heavy (non-hydrogen) atoms. The highest BCUT2D eigenvalue weighted by atomic mass is 32.2. The molecule has 2 fully saturated rings. The topological polar surface area (TPSA) is 151 Å². The number of aromatic amines is 1. The molecule has 0 atom stereocenters. The van der Waals surface area contributed by atoms with Crippen LogP contribution < -0.4 is 20.4 Å². The number of fused-ring (bicyclic) bond motifs is 1. The van der Waals surface area contributed by atoms with Crippen molar-refractivity contribution in [2.75, 3.05) is 32.8 Å². The lowest BCUT2D eigenvalue weighted by molar-refractivity contribution is -0.126.